The van der Waals surface area contributed by atoms with E-state index in [1.54, 1.807) is 11.8 Å². The normalized spacial score (nSPS) is 18.4. The van der Waals surface area contributed by atoms with Gasteiger partial charge >= 0.3 is 12.3 Å². The Morgan fingerprint density at radius 1 is 1.45 bits per heavy atom. The van der Waals surface area contributed by atoms with Gasteiger partial charge in [0.15, 0.2) is 5.96 Å². The molecule has 2 rings (SSSR count). The van der Waals surface area contributed by atoms with E-state index in [1.807, 2.05) is 0 Å². The number of nitrogens with zero attached hydrogens (tertiary/aromatic N) is 4. The smallest absolute Gasteiger partial charge is 0.424 e. The summed E-state index contributed by atoms with van der Waals surface area (Å²) in [5.74, 6) is -0.512. The summed E-state index contributed by atoms with van der Waals surface area (Å²) >= 11 is 0. The van der Waals surface area contributed by atoms with Crippen LogP contribution in [0.3, 0.4) is 0 Å². The molecule has 9 nitrogen and oxygen atoms in total. The number of aliphatic imine (C=N–C) groups is 1. The maximum atomic E-state index is 13.5. The fraction of sp³-hybridized carbons (Fsp3) is 0.706. The fourth-order valence-corrected chi connectivity index (χ4v) is 3.16. The Hall–Kier alpha value is -2.50. The van der Waals surface area contributed by atoms with Crippen molar-refractivity contribution in [2.75, 3.05) is 26.2 Å². The van der Waals surface area contributed by atoms with Gasteiger partial charge in [-0.05, 0) is 19.8 Å². The average Bonchev–Trinajstić information content (AvgIpc) is 3.08. The molecule has 4 N–H and O–H groups in total. The van der Waals surface area contributed by atoms with Crippen molar-refractivity contribution < 1.29 is 27.8 Å². The zero-order valence-corrected chi connectivity index (χ0v) is 16.4. The number of alkyl halides is 3. The average molecular weight is 420 g/mol. The number of halogens is 3. The van der Waals surface area contributed by atoms with Crippen molar-refractivity contribution >= 4 is 12.1 Å². The molecule has 164 valence electrons. The fourth-order valence-electron chi connectivity index (χ4n) is 3.16. The van der Waals surface area contributed by atoms with Crippen LogP contribution in [0.2, 0.25) is 0 Å². The second-order valence-corrected chi connectivity index (χ2v) is 6.84. The van der Waals surface area contributed by atoms with E-state index >= 15 is 0 Å². The number of guanidine groups is 1. The number of nitrogens with one attached hydrogen (secondary N) is 1. The summed E-state index contributed by atoms with van der Waals surface area (Å²) in [5.41, 5.74) is 2.66. The number of aryl methyl sites for hydroxylation is 1. The molecule has 1 aliphatic rings. The summed E-state index contributed by atoms with van der Waals surface area (Å²) in [4.78, 5) is 20.8. The molecular formula is C17H27F3N6O3. The van der Waals surface area contributed by atoms with Crippen LogP contribution in [0.1, 0.15) is 32.0 Å². The Labute approximate surface area is 166 Å². The van der Waals surface area contributed by atoms with Crippen molar-refractivity contribution in [2.24, 2.45) is 17.8 Å². The lowest BCUT2D eigenvalue weighted by atomic mass is 9.98. The minimum atomic E-state index is -4.91. The minimum Gasteiger partial charge on any atom is -0.450 e. The monoisotopic (exact) mass is 420 g/mol. The summed E-state index contributed by atoms with van der Waals surface area (Å²) in [5, 5.41) is 13.2. The van der Waals surface area contributed by atoms with E-state index in [1.165, 1.54) is 19.4 Å². The summed E-state index contributed by atoms with van der Waals surface area (Å²) in [6.07, 6.45) is -2.27. The number of hydrogen-bond donors (Lipinski definition) is 3. The molecular weight excluding hydrogens is 393 g/mol. The van der Waals surface area contributed by atoms with Crippen LogP contribution < -0.4 is 11.1 Å². The molecule has 1 atom stereocenters. The molecule has 29 heavy (non-hydrogen) atoms. The predicted molar refractivity (Wildman–Crippen MR) is 99.0 cm³/mol. The second kappa shape index (κ2) is 9.33. The van der Waals surface area contributed by atoms with Gasteiger partial charge in [-0.25, -0.2) is 9.78 Å². The number of carbonyl (C=O) groups excluding carboxylic acids is 1. The highest BCUT2D eigenvalue weighted by atomic mass is 19.4. The van der Waals surface area contributed by atoms with E-state index in [4.69, 9.17) is 10.5 Å². The molecule has 1 aromatic heterocycles. The first kappa shape index (κ1) is 22.8. The van der Waals surface area contributed by atoms with Crippen LogP contribution in [0.25, 0.3) is 0 Å². The van der Waals surface area contributed by atoms with Crippen molar-refractivity contribution in [1.82, 2.24) is 19.8 Å². The number of piperidine rings is 1. The highest BCUT2D eigenvalue weighted by Gasteiger charge is 2.57. The molecule has 0 aliphatic carbocycles. The Kier molecular flexibility index (Phi) is 7.33. The van der Waals surface area contributed by atoms with Gasteiger partial charge in [-0.15, -0.1) is 0 Å². The number of imidazole rings is 1. The van der Waals surface area contributed by atoms with Crippen LogP contribution in [0, 0.1) is 0 Å². The zero-order valence-electron chi connectivity index (χ0n) is 16.4. The third-order valence-electron chi connectivity index (χ3n) is 4.79. The van der Waals surface area contributed by atoms with Crippen molar-refractivity contribution in [3.05, 3.63) is 18.2 Å². The van der Waals surface area contributed by atoms with Gasteiger partial charge < -0.3 is 30.4 Å². The van der Waals surface area contributed by atoms with Crippen molar-refractivity contribution in [3.8, 4) is 0 Å². The first-order valence-electron chi connectivity index (χ1n) is 9.33. The van der Waals surface area contributed by atoms with E-state index in [0.29, 0.717) is 32.5 Å². The summed E-state index contributed by atoms with van der Waals surface area (Å²) in [7, 11) is 1.38. The van der Waals surface area contributed by atoms with Crippen LogP contribution in [0.5, 0.6) is 0 Å². The Morgan fingerprint density at radius 2 is 2.10 bits per heavy atom. The van der Waals surface area contributed by atoms with Crippen LogP contribution in [-0.2, 0) is 17.4 Å². The van der Waals surface area contributed by atoms with Crippen LogP contribution in [-0.4, -0.2) is 70.1 Å². The van der Waals surface area contributed by atoms with Gasteiger partial charge in [-0.3, -0.25) is 4.99 Å². The third kappa shape index (κ3) is 5.52. The number of hydrogen-bond acceptors (Lipinski definition) is 5. The molecule has 1 amide bonds. The number of nitrogens with two attached hydrogens (primary N) is 1. The number of ether oxygens (including phenoxy) is 1. The Bertz CT molecular complexity index is 716. The van der Waals surface area contributed by atoms with E-state index in [2.05, 4.69) is 15.3 Å². The predicted octanol–water partition coefficient (Wildman–Crippen LogP) is 1.09. The van der Waals surface area contributed by atoms with Gasteiger partial charge in [0.2, 0.25) is 5.60 Å². The lowest BCUT2D eigenvalue weighted by Gasteiger charge is -2.32. The number of aliphatic hydroxyl groups is 1. The van der Waals surface area contributed by atoms with E-state index in [0.717, 1.165) is 4.57 Å². The SMILES string of the molecule is CCOC(=O)N1CCC(NC(N)=NCCC(O)(c2nccn2C)C(F)(F)F)CC1. The molecule has 0 spiro atoms. The molecule has 1 unspecified atom stereocenters. The quantitative estimate of drug-likeness (QED) is 0.468. The summed E-state index contributed by atoms with van der Waals surface area (Å²) < 4.78 is 46.4. The molecule has 0 radical (unpaired) electrons. The minimum absolute atomic E-state index is 0.0102. The highest BCUT2D eigenvalue weighted by molar-refractivity contribution is 5.78. The highest BCUT2D eigenvalue weighted by Crippen LogP contribution is 2.40. The standard InChI is InChI=1S/C17H27F3N6O3/c1-3-29-15(27)26-9-4-12(5-10-26)24-14(21)23-7-6-16(28,17(18,19)20)13-22-8-11-25(13)2/h8,11-12,28H,3-7,9-10H2,1-2H3,(H3,21,23,24). The molecule has 1 aromatic rings. The largest absolute Gasteiger partial charge is 0.450 e. The molecule has 0 bridgehead atoms. The van der Waals surface area contributed by atoms with Crippen molar-refractivity contribution in [3.63, 3.8) is 0 Å². The lowest BCUT2D eigenvalue weighted by Crippen LogP contribution is -2.49. The van der Waals surface area contributed by atoms with Gasteiger partial charge in [0.05, 0.1) is 6.61 Å². The Balaban J connectivity index is 1.89. The van der Waals surface area contributed by atoms with Crippen LogP contribution >= 0.6 is 0 Å². The van der Waals surface area contributed by atoms with Gasteiger partial charge in [0, 0.05) is 51.5 Å². The maximum absolute atomic E-state index is 13.5. The molecule has 1 fully saturated rings. The van der Waals surface area contributed by atoms with Crippen molar-refractivity contribution in [1.29, 1.82) is 0 Å². The van der Waals surface area contributed by atoms with E-state index in [9.17, 15) is 23.1 Å². The maximum Gasteiger partial charge on any atom is 0.424 e. The molecule has 0 saturated carbocycles. The van der Waals surface area contributed by atoms with Crippen LogP contribution in [0.4, 0.5) is 18.0 Å². The number of likely N-dealkylation sites (tertiary alicyclic amines) is 1. The van der Waals surface area contributed by atoms with E-state index < -0.39 is 24.0 Å². The van der Waals surface area contributed by atoms with Gasteiger partial charge in [-0.1, -0.05) is 0 Å². The molecule has 1 aliphatic heterocycles. The summed E-state index contributed by atoms with van der Waals surface area (Å²) in [6.45, 7) is 2.66. The number of aromatic nitrogens is 2. The van der Waals surface area contributed by atoms with Gasteiger partial charge in [0.25, 0.3) is 0 Å². The molecule has 0 aromatic carbocycles. The number of amides is 1. The summed E-state index contributed by atoms with van der Waals surface area (Å²) in [6, 6.07) is -0.0551. The van der Waals surface area contributed by atoms with Gasteiger partial charge in [-0.2, -0.15) is 13.2 Å². The molecule has 2 heterocycles. The molecule has 1 saturated heterocycles. The zero-order chi connectivity index (χ0) is 21.7. The second-order valence-electron chi connectivity index (χ2n) is 6.84. The third-order valence-corrected chi connectivity index (χ3v) is 4.79. The number of carbonyl (C=O) groups is 1. The molecule has 12 heteroatoms. The van der Waals surface area contributed by atoms with Crippen molar-refractivity contribution in [2.45, 2.75) is 44.0 Å². The number of rotatable bonds is 6. The first-order valence-corrected chi connectivity index (χ1v) is 9.33. The topological polar surface area (TPSA) is 118 Å². The first-order chi connectivity index (χ1) is 13.6. The van der Waals surface area contributed by atoms with Gasteiger partial charge in [0.1, 0.15) is 5.82 Å². The van der Waals surface area contributed by atoms with E-state index in [-0.39, 0.29) is 24.6 Å². The van der Waals surface area contributed by atoms with Crippen LogP contribution in [0.15, 0.2) is 17.4 Å². The Morgan fingerprint density at radius 3 is 2.62 bits per heavy atom. The lowest BCUT2D eigenvalue weighted by molar-refractivity contribution is -0.272.